The van der Waals surface area contributed by atoms with Crippen LogP contribution in [-0.2, 0) is 11.3 Å². The van der Waals surface area contributed by atoms with Gasteiger partial charge in [-0.25, -0.2) is 0 Å². The number of carbonyl (C=O) groups excluding carboxylic acids is 1. The first-order valence-corrected chi connectivity index (χ1v) is 11.0. The maximum absolute atomic E-state index is 12.4. The van der Waals surface area contributed by atoms with Crippen LogP contribution < -0.4 is 10.6 Å². The molecular weight excluding hydrogens is 388 g/mol. The van der Waals surface area contributed by atoms with E-state index in [1.807, 2.05) is 31.2 Å². The Morgan fingerprint density at radius 1 is 1.26 bits per heavy atom. The summed E-state index contributed by atoms with van der Waals surface area (Å²) < 4.78 is 6.05. The molecule has 6 heteroatoms. The van der Waals surface area contributed by atoms with E-state index in [1.165, 1.54) is 11.1 Å². The predicted octanol–water partition coefficient (Wildman–Crippen LogP) is 3.67. The van der Waals surface area contributed by atoms with Gasteiger partial charge in [0.2, 0.25) is 0 Å². The first kappa shape index (κ1) is 22.8. The third-order valence-electron chi connectivity index (χ3n) is 5.74. The number of amides is 1. The molecule has 2 N–H and O–H groups in total. The number of nitrogens with one attached hydrogen (secondary N) is 2. The highest BCUT2D eigenvalue weighted by molar-refractivity contribution is 5.94. The van der Waals surface area contributed by atoms with Crippen molar-refractivity contribution in [3.8, 4) is 0 Å². The molecule has 6 nitrogen and oxygen atoms in total. The second kappa shape index (κ2) is 11.0. The molecule has 1 amide bonds. The lowest BCUT2D eigenvalue weighted by Gasteiger charge is -2.35. The SMILES string of the molecule is CCC(C)NC(=O)c1cccc(CNC(=NC)N2CCOC(c3ccccc3C)C2)c1. The van der Waals surface area contributed by atoms with Crippen LogP contribution in [0.25, 0.3) is 0 Å². The van der Waals surface area contributed by atoms with Crippen LogP contribution >= 0.6 is 0 Å². The van der Waals surface area contributed by atoms with E-state index < -0.39 is 0 Å². The lowest BCUT2D eigenvalue weighted by atomic mass is 10.0. The van der Waals surface area contributed by atoms with Crippen molar-refractivity contribution in [3.05, 3.63) is 70.8 Å². The van der Waals surface area contributed by atoms with E-state index in [0.29, 0.717) is 18.7 Å². The van der Waals surface area contributed by atoms with Crippen LogP contribution in [-0.4, -0.2) is 49.6 Å². The zero-order chi connectivity index (χ0) is 22.2. The van der Waals surface area contributed by atoms with Crippen LogP contribution in [0.1, 0.15) is 53.4 Å². The zero-order valence-corrected chi connectivity index (χ0v) is 19.0. The minimum atomic E-state index is -0.0326. The van der Waals surface area contributed by atoms with E-state index in [9.17, 15) is 4.79 Å². The predicted molar refractivity (Wildman–Crippen MR) is 125 cm³/mol. The molecule has 166 valence electrons. The number of carbonyl (C=O) groups is 1. The van der Waals surface area contributed by atoms with E-state index in [1.54, 1.807) is 7.05 Å². The Hall–Kier alpha value is -2.86. The number of aryl methyl sites for hydroxylation is 1. The van der Waals surface area contributed by atoms with Crippen molar-refractivity contribution in [3.63, 3.8) is 0 Å². The van der Waals surface area contributed by atoms with E-state index in [2.05, 4.69) is 58.6 Å². The lowest BCUT2D eigenvalue weighted by Crippen LogP contribution is -2.48. The van der Waals surface area contributed by atoms with E-state index in [4.69, 9.17) is 4.74 Å². The second-order valence-corrected chi connectivity index (χ2v) is 8.05. The first-order chi connectivity index (χ1) is 15.0. The molecule has 1 saturated heterocycles. The van der Waals surface area contributed by atoms with Crippen LogP contribution in [0.2, 0.25) is 0 Å². The normalized spacial score (nSPS) is 17.9. The van der Waals surface area contributed by atoms with Gasteiger partial charge in [0.25, 0.3) is 5.91 Å². The molecule has 31 heavy (non-hydrogen) atoms. The molecule has 2 atom stereocenters. The van der Waals surface area contributed by atoms with Crippen LogP contribution in [0.15, 0.2) is 53.5 Å². The Labute approximate surface area is 185 Å². The summed E-state index contributed by atoms with van der Waals surface area (Å²) in [6, 6.07) is 16.3. The van der Waals surface area contributed by atoms with Gasteiger partial charge in [0.1, 0.15) is 6.10 Å². The average Bonchev–Trinajstić information content (AvgIpc) is 2.80. The fraction of sp³-hybridized carbons (Fsp3) is 0.440. The van der Waals surface area contributed by atoms with Gasteiger partial charge in [0.15, 0.2) is 5.96 Å². The van der Waals surface area contributed by atoms with Crippen LogP contribution in [0.5, 0.6) is 0 Å². The second-order valence-electron chi connectivity index (χ2n) is 8.05. The number of guanidine groups is 1. The molecule has 1 fully saturated rings. The van der Waals surface area contributed by atoms with Gasteiger partial charge in [0.05, 0.1) is 13.2 Å². The summed E-state index contributed by atoms with van der Waals surface area (Å²) in [6.45, 7) is 9.00. The Balaban J connectivity index is 1.62. The molecule has 0 aliphatic carbocycles. The number of hydrogen-bond donors (Lipinski definition) is 2. The molecule has 0 spiro atoms. The summed E-state index contributed by atoms with van der Waals surface area (Å²) in [7, 11) is 1.80. The van der Waals surface area contributed by atoms with Crippen LogP contribution in [0.4, 0.5) is 0 Å². The third-order valence-corrected chi connectivity index (χ3v) is 5.74. The number of rotatable bonds is 6. The standard InChI is InChI=1S/C25H34N4O2/c1-5-19(3)28-24(30)21-11-8-10-20(15-21)16-27-25(26-4)29-13-14-31-23(17-29)22-12-7-6-9-18(22)2/h6-12,15,19,23H,5,13-14,16-17H2,1-4H3,(H,26,27)(H,28,30). The van der Waals surface area contributed by atoms with Gasteiger partial charge >= 0.3 is 0 Å². The highest BCUT2D eigenvalue weighted by Crippen LogP contribution is 2.25. The number of aliphatic imine (C=N–C) groups is 1. The highest BCUT2D eigenvalue weighted by Gasteiger charge is 2.25. The molecule has 0 aromatic heterocycles. The molecule has 2 aromatic rings. The molecule has 1 heterocycles. The average molecular weight is 423 g/mol. The van der Waals surface area contributed by atoms with E-state index in [-0.39, 0.29) is 18.1 Å². The smallest absolute Gasteiger partial charge is 0.251 e. The van der Waals surface area contributed by atoms with Crippen molar-refractivity contribution in [1.82, 2.24) is 15.5 Å². The molecular formula is C25H34N4O2. The molecule has 0 bridgehead atoms. The van der Waals surface area contributed by atoms with Crippen LogP contribution in [0, 0.1) is 6.92 Å². The van der Waals surface area contributed by atoms with Gasteiger partial charge in [-0.1, -0.05) is 43.3 Å². The Morgan fingerprint density at radius 2 is 2.06 bits per heavy atom. The molecule has 1 aliphatic heterocycles. The van der Waals surface area contributed by atoms with Gasteiger partial charge in [0, 0.05) is 31.7 Å². The van der Waals surface area contributed by atoms with Gasteiger partial charge in [-0.15, -0.1) is 0 Å². The van der Waals surface area contributed by atoms with Crippen molar-refractivity contribution < 1.29 is 9.53 Å². The van der Waals surface area contributed by atoms with Gasteiger partial charge in [-0.3, -0.25) is 9.79 Å². The summed E-state index contributed by atoms with van der Waals surface area (Å²) >= 11 is 0. The van der Waals surface area contributed by atoms with Crippen molar-refractivity contribution in [2.75, 3.05) is 26.7 Å². The number of ether oxygens (including phenoxy) is 1. The van der Waals surface area contributed by atoms with Gasteiger partial charge in [-0.2, -0.15) is 0 Å². The molecule has 3 rings (SSSR count). The number of morpholine rings is 1. The summed E-state index contributed by atoms with van der Waals surface area (Å²) in [5, 5.41) is 6.47. The molecule has 2 unspecified atom stereocenters. The van der Waals surface area contributed by atoms with Gasteiger partial charge < -0.3 is 20.3 Å². The van der Waals surface area contributed by atoms with E-state index in [0.717, 1.165) is 31.0 Å². The number of nitrogens with zero attached hydrogens (tertiary/aromatic N) is 2. The molecule has 1 aliphatic rings. The Kier molecular flexibility index (Phi) is 8.06. The van der Waals surface area contributed by atoms with Crippen molar-refractivity contribution in [2.24, 2.45) is 4.99 Å². The summed E-state index contributed by atoms with van der Waals surface area (Å²) in [5.74, 6) is 0.811. The molecule has 0 saturated carbocycles. The van der Waals surface area contributed by atoms with Crippen molar-refractivity contribution >= 4 is 11.9 Å². The van der Waals surface area contributed by atoms with Crippen molar-refractivity contribution in [1.29, 1.82) is 0 Å². The lowest BCUT2D eigenvalue weighted by molar-refractivity contribution is -0.00834. The monoisotopic (exact) mass is 422 g/mol. The summed E-state index contributed by atoms with van der Waals surface area (Å²) in [5.41, 5.74) is 4.19. The van der Waals surface area contributed by atoms with Crippen molar-refractivity contribution in [2.45, 2.75) is 45.9 Å². The first-order valence-electron chi connectivity index (χ1n) is 11.0. The number of hydrogen-bond acceptors (Lipinski definition) is 3. The topological polar surface area (TPSA) is 66.0 Å². The fourth-order valence-electron chi connectivity index (χ4n) is 3.72. The van der Waals surface area contributed by atoms with E-state index >= 15 is 0 Å². The summed E-state index contributed by atoms with van der Waals surface area (Å²) in [4.78, 5) is 19.1. The maximum atomic E-state index is 12.4. The highest BCUT2D eigenvalue weighted by atomic mass is 16.5. The Morgan fingerprint density at radius 3 is 2.81 bits per heavy atom. The molecule has 0 radical (unpaired) electrons. The zero-order valence-electron chi connectivity index (χ0n) is 19.0. The quantitative estimate of drug-likeness (QED) is 0.551. The third kappa shape index (κ3) is 6.07. The summed E-state index contributed by atoms with van der Waals surface area (Å²) in [6.07, 6.45) is 0.938. The fourth-order valence-corrected chi connectivity index (χ4v) is 3.72. The minimum absolute atomic E-state index is 0.0288. The Bertz CT molecular complexity index is 912. The number of benzene rings is 2. The molecule has 2 aromatic carbocycles. The largest absolute Gasteiger partial charge is 0.370 e. The minimum Gasteiger partial charge on any atom is -0.370 e. The maximum Gasteiger partial charge on any atom is 0.251 e. The van der Waals surface area contributed by atoms with Crippen LogP contribution in [0.3, 0.4) is 0 Å². The van der Waals surface area contributed by atoms with Gasteiger partial charge in [-0.05, 0) is 49.1 Å².